The van der Waals surface area contributed by atoms with E-state index in [1.807, 2.05) is 0 Å². The summed E-state index contributed by atoms with van der Waals surface area (Å²) in [5, 5.41) is -4.15. The molecular weight excluding hydrogens is 493 g/mol. The first-order valence-electron chi connectivity index (χ1n) is 8.84. The van der Waals surface area contributed by atoms with Crippen molar-refractivity contribution in [1.29, 1.82) is 0 Å². The lowest BCUT2D eigenvalue weighted by Crippen LogP contribution is -2.63. The molecule has 0 spiro atoms. The van der Waals surface area contributed by atoms with Crippen molar-refractivity contribution in [1.82, 2.24) is 0 Å². The molecule has 2 aromatic rings. The summed E-state index contributed by atoms with van der Waals surface area (Å²) in [5.41, 5.74) is 2.65. The first kappa shape index (κ1) is 24.9. The Morgan fingerprint density at radius 3 is 2.03 bits per heavy atom. The minimum absolute atomic E-state index is 0.162. The molecule has 0 radical (unpaired) electrons. The van der Waals surface area contributed by atoms with E-state index in [4.69, 9.17) is 0 Å². The predicted octanol–water partition coefficient (Wildman–Crippen LogP) is 5.75. The molecule has 3 rings (SSSR count). The third-order valence-electron chi connectivity index (χ3n) is 4.94. The zero-order chi connectivity index (χ0) is 25.0. The molecule has 0 amide bonds. The van der Waals surface area contributed by atoms with Crippen molar-refractivity contribution in [3.63, 3.8) is 0 Å². The highest BCUT2D eigenvalue weighted by atomic mass is 32.2. The number of nitrogens with zero attached hydrogens (tertiary/aromatic N) is 1. The molecule has 0 N–H and O–H groups in total. The van der Waals surface area contributed by atoms with Gasteiger partial charge in [-0.25, -0.2) is 0 Å². The lowest BCUT2D eigenvalue weighted by molar-refractivity contribution is -0.382. The minimum atomic E-state index is -7.39. The summed E-state index contributed by atoms with van der Waals surface area (Å²) in [4.78, 5) is 0. The van der Waals surface area contributed by atoms with Gasteiger partial charge >= 0.3 is 33.4 Å². The van der Waals surface area contributed by atoms with Crippen molar-refractivity contribution < 1.29 is 52.2 Å². The summed E-state index contributed by atoms with van der Waals surface area (Å²) < 4.78 is 143. The molecule has 0 saturated carbocycles. The van der Waals surface area contributed by atoms with E-state index in [1.165, 1.54) is 12.1 Å². The molecule has 0 aromatic heterocycles. The topological polar surface area (TPSA) is 55.7 Å². The van der Waals surface area contributed by atoms with Crippen molar-refractivity contribution in [3.8, 4) is 11.1 Å². The number of fused-ring (bicyclic) bond motifs is 3. The smallest absolute Gasteiger partial charge is 0.264 e. The van der Waals surface area contributed by atoms with Crippen LogP contribution in [0.5, 0.6) is 0 Å². The molecule has 4 nitrogen and oxygen atoms in total. The van der Waals surface area contributed by atoms with Gasteiger partial charge in [0, 0.05) is 5.56 Å². The Balaban J connectivity index is 1.94. The van der Waals surface area contributed by atoms with Crippen LogP contribution in [-0.4, -0.2) is 37.4 Å². The van der Waals surface area contributed by atoms with Crippen LogP contribution in [0, 0.1) is 0 Å². The van der Waals surface area contributed by atoms with Crippen LogP contribution in [-0.2, 0) is 20.8 Å². The fourth-order valence-corrected chi connectivity index (χ4v) is 3.96. The van der Waals surface area contributed by atoms with Crippen LogP contribution in [0.1, 0.15) is 23.6 Å². The Morgan fingerprint density at radius 1 is 0.848 bits per heavy atom. The van der Waals surface area contributed by atoms with E-state index in [2.05, 4.69) is 9.44 Å². The summed E-state index contributed by atoms with van der Waals surface area (Å²) in [6, 6.07) is 11.6. The van der Waals surface area contributed by atoms with E-state index in [0.717, 1.165) is 18.1 Å². The molecule has 0 saturated heterocycles. The van der Waals surface area contributed by atoms with Crippen molar-refractivity contribution >= 4 is 15.8 Å². The highest BCUT2D eigenvalue weighted by Gasteiger charge is 2.86. The van der Waals surface area contributed by atoms with Crippen LogP contribution in [0.15, 0.2) is 47.6 Å². The highest BCUT2D eigenvalue weighted by Crippen LogP contribution is 2.55. The zero-order valence-corrected chi connectivity index (χ0v) is 17.0. The molecule has 1 aliphatic carbocycles. The van der Waals surface area contributed by atoms with Gasteiger partial charge in [0.05, 0.1) is 5.71 Å². The lowest BCUT2D eigenvalue weighted by Gasteiger charge is -2.31. The van der Waals surface area contributed by atoms with Gasteiger partial charge in [-0.15, -0.1) is 0 Å². The Labute approximate surface area is 180 Å². The van der Waals surface area contributed by atoms with Crippen LogP contribution < -0.4 is 0 Å². The molecule has 0 heterocycles. The maximum absolute atomic E-state index is 13.7. The summed E-state index contributed by atoms with van der Waals surface area (Å²) in [6.45, 7) is 1.05. The molecule has 0 atom stereocenters. The molecule has 14 heteroatoms. The van der Waals surface area contributed by atoms with E-state index in [0.29, 0.717) is 17.5 Å². The summed E-state index contributed by atoms with van der Waals surface area (Å²) in [5.74, 6) is -14.8. The molecule has 0 fully saturated rings. The second-order valence-electron chi connectivity index (χ2n) is 7.03. The Morgan fingerprint density at radius 2 is 1.42 bits per heavy atom. The number of benzene rings is 2. The number of hydrogen-bond donors (Lipinski definition) is 0. The first-order chi connectivity index (χ1) is 15.0. The molecule has 1 aliphatic rings. The average Bonchev–Trinajstić information content (AvgIpc) is 3.09. The van der Waals surface area contributed by atoms with Crippen molar-refractivity contribution in [2.75, 3.05) is 0 Å². The lowest BCUT2D eigenvalue weighted by atomic mass is 9.99. The highest BCUT2D eigenvalue weighted by molar-refractivity contribution is 7.87. The van der Waals surface area contributed by atoms with Gasteiger partial charge in [-0.2, -0.15) is 47.9 Å². The van der Waals surface area contributed by atoms with Gasteiger partial charge in [-0.1, -0.05) is 47.6 Å². The SMILES string of the molecule is C/C(=N\OS(=O)(=O)C(F)(F)C(F)(F)C(F)(F)C(F)(F)F)c1cccc2c1Cc1ccccc1-2. The molecule has 33 heavy (non-hydrogen) atoms. The largest absolute Gasteiger partial charge is 0.460 e. The van der Waals surface area contributed by atoms with Crippen molar-refractivity contribution in [3.05, 3.63) is 59.2 Å². The molecular formula is C19H12F9NO3S. The van der Waals surface area contributed by atoms with Gasteiger partial charge in [0.15, 0.2) is 0 Å². The van der Waals surface area contributed by atoms with Crippen LogP contribution in [0.3, 0.4) is 0 Å². The van der Waals surface area contributed by atoms with Crippen molar-refractivity contribution in [2.24, 2.45) is 5.16 Å². The number of hydrogen-bond acceptors (Lipinski definition) is 4. The fourth-order valence-electron chi connectivity index (χ4n) is 3.21. The van der Waals surface area contributed by atoms with Crippen LogP contribution in [0.2, 0.25) is 0 Å². The number of rotatable bonds is 6. The zero-order valence-electron chi connectivity index (χ0n) is 16.2. The first-order valence-corrected chi connectivity index (χ1v) is 10.2. The molecule has 0 unspecified atom stereocenters. The fraction of sp³-hybridized carbons (Fsp3) is 0.316. The van der Waals surface area contributed by atoms with Gasteiger partial charge < -0.3 is 0 Å². The van der Waals surface area contributed by atoms with E-state index in [1.54, 1.807) is 30.3 Å². The van der Waals surface area contributed by atoms with Crippen molar-refractivity contribution in [2.45, 2.75) is 36.6 Å². The third-order valence-corrected chi connectivity index (χ3v) is 6.10. The average molecular weight is 505 g/mol. The van der Waals surface area contributed by atoms with E-state index in [-0.39, 0.29) is 5.56 Å². The van der Waals surface area contributed by atoms with E-state index in [9.17, 15) is 47.9 Å². The minimum Gasteiger partial charge on any atom is -0.264 e. The number of halogens is 9. The van der Waals surface area contributed by atoms with Gasteiger partial charge in [-0.3, -0.25) is 4.28 Å². The van der Waals surface area contributed by atoms with E-state index < -0.39 is 39.1 Å². The van der Waals surface area contributed by atoms with Gasteiger partial charge in [-0.05, 0) is 35.6 Å². The number of alkyl halides is 9. The van der Waals surface area contributed by atoms with Crippen LogP contribution in [0.25, 0.3) is 11.1 Å². The second-order valence-corrected chi connectivity index (χ2v) is 8.60. The van der Waals surface area contributed by atoms with Gasteiger partial charge in [0.25, 0.3) is 0 Å². The monoisotopic (exact) mass is 505 g/mol. The second kappa shape index (κ2) is 7.64. The maximum atomic E-state index is 13.7. The molecule has 2 aromatic carbocycles. The maximum Gasteiger partial charge on any atom is 0.460 e. The third kappa shape index (κ3) is 3.73. The predicted molar refractivity (Wildman–Crippen MR) is 97.8 cm³/mol. The van der Waals surface area contributed by atoms with E-state index >= 15 is 0 Å². The Hall–Kier alpha value is -2.77. The Kier molecular flexibility index (Phi) is 5.75. The number of oxime groups is 1. The van der Waals surface area contributed by atoms with Gasteiger partial charge in [0.2, 0.25) is 0 Å². The molecule has 0 aliphatic heterocycles. The summed E-state index contributed by atoms with van der Waals surface area (Å²) in [6.07, 6.45) is -6.86. The Bertz CT molecular complexity index is 1220. The molecule has 180 valence electrons. The quantitative estimate of drug-likeness (QED) is 0.244. The summed E-state index contributed by atoms with van der Waals surface area (Å²) in [7, 11) is -7.08. The van der Waals surface area contributed by atoms with Gasteiger partial charge in [0.1, 0.15) is 0 Å². The standard InChI is InChI=1S/C19H12F9NO3S/c1-10(12-7-4-8-14-13-6-3-2-5-11(13)9-15(12)14)29-32-33(30,31)19(27,28)17(22,23)16(20,21)18(24,25)26/h2-8H,9H2,1H3/b29-10+. The molecule has 0 bridgehead atoms. The normalized spacial score (nSPS) is 15.3. The summed E-state index contributed by atoms with van der Waals surface area (Å²) >= 11 is 0. The van der Waals surface area contributed by atoms with Crippen LogP contribution in [0.4, 0.5) is 39.5 Å². The van der Waals surface area contributed by atoms with Crippen LogP contribution >= 0.6 is 0 Å².